The highest BCUT2D eigenvalue weighted by Crippen LogP contribution is 2.30. The van der Waals surface area contributed by atoms with E-state index in [1.165, 1.54) is 72.9 Å². The van der Waals surface area contributed by atoms with Gasteiger partial charge in [-0.1, -0.05) is 64.7 Å². The van der Waals surface area contributed by atoms with Gasteiger partial charge in [0.25, 0.3) is 0 Å². The molecule has 0 spiro atoms. The molecule has 1 unspecified atom stereocenters. The molecule has 0 saturated heterocycles. The van der Waals surface area contributed by atoms with Gasteiger partial charge < -0.3 is 5.32 Å². The number of halogens is 1. The SMILES string of the molecule is CCCCCCCCCCCC(NC)c1ccc(Br)s1. The molecule has 0 aliphatic carbocycles. The van der Waals surface area contributed by atoms with Crippen molar-refractivity contribution < 1.29 is 0 Å². The van der Waals surface area contributed by atoms with Crippen molar-refractivity contribution in [1.82, 2.24) is 5.32 Å². The molecule has 0 amide bonds. The minimum absolute atomic E-state index is 0.538. The number of hydrogen-bond donors (Lipinski definition) is 1. The number of thiophene rings is 1. The van der Waals surface area contributed by atoms with E-state index in [1.54, 1.807) is 0 Å². The molecule has 1 nitrogen and oxygen atoms in total. The lowest BCUT2D eigenvalue weighted by atomic mass is 10.0. The fourth-order valence-corrected chi connectivity index (χ4v) is 4.17. The van der Waals surface area contributed by atoms with Crippen molar-refractivity contribution >= 4 is 27.3 Å². The van der Waals surface area contributed by atoms with Crippen molar-refractivity contribution in [3.05, 3.63) is 20.8 Å². The lowest BCUT2D eigenvalue weighted by molar-refractivity contribution is 0.498. The highest BCUT2D eigenvalue weighted by Gasteiger charge is 2.10. The molecule has 20 heavy (non-hydrogen) atoms. The van der Waals surface area contributed by atoms with Crippen LogP contribution in [0.2, 0.25) is 0 Å². The Bertz CT molecular complexity index is 337. The summed E-state index contributed by atoms with van der Waals surface area (Å²) in [6.45, 7) is 2.28. The minimum Gasteiger partial charge on any atom is -0.312 e. The molecule has 3 heteroatoms. The maximum absolute atomic E-state index is 3.55. The van der Waals surface area contributed by atoms with Crippen molar-refractivity contribution in [3.63, 3.8) is 0 Å². The summed E-state index contributed by atoms with van der Waals surface area (Å²) in [5.41, 5.74) is 0. The van der Waals surface area contributed by atoms with Gasteiger partial charge in [-0.2, -0.15) is 0 Å². The smallest absolute Gasteiger partial charge is 0.0701 e. The first kappa shape index (κ1) is 18.2. The average Bonchev–Trinajstić information content (AvgIpc) is 2.87. The predicted octanol–water partition coefficient (Wildman–Crippen LogP) is 6.69. The number of rotatable bonds is 12. The highest BCUT2D eigenvalue weighted by molar-refractivity contribution is 9.11. The monoisotopic (exact) mass is 359 g/mol. The third-order valence-electron chi connectivity index (χ3n) is 3.88. The normalized spacial score (nSPS) is 12.8. The third-order valence-corrected chi connectivity index (χ3v) is 5.62. The van der Waals surface area contributed by atoms with Gasteiger partial charge in [0.2, 0.25) is 0 Å². The summed E-state index contributed by atoms with van der Waals surface area (Å²) >= 11 is 5.40. The van der Waals surface area contributed by atoms with Crippen molar-refractivity contribution in [2.75, 3.05) is 7.05 Å². The summed E-state index contributed by atoms with van der Waals surface area (Å²) in [4.78, 5) is 1.46. The molecule has 0 radical (unpaired) electrons. The Morgan fingerprint density at radius 1 is 1.00 bits per heavy atom. The second kappa shape index (κ2) is 11.8. The maximum atomic E-state index is 3.55. The molecule has 1 N–H and O–H groups in total. The fraction of sp³-hybridized carbons (Fsp3) is 0.765. The van der Waals surface area contributed by atoms with E-state index in [0.29, 0.717) is 6.04 Å². The first-order valence-electron chi connectivity index (χ1n) is 8.20. The highest BCUT2D eigenvalue weighted by atomic mass is 79.9. The molecule has 1 aromatic rings. The van der Waals surface area contributed by atoms with E-state index in [-0.39, 0.29) is 0 Å². The Kier molecular flexibility index (Phi) is 10.7. The minimum atomic E-state index is 0.538. The van der Waals surface area contributed by atoms with E-state index in [9.17, 15) is 0 Å². The van der Waals surface area contributed by atoms with Crippen LogP contribution in [-0.4, -0.2) is 7.05 Å². The number of nitrogens with one attached hydrogen (secondary N) is 1. The van der Waals surface area contributed by atoms with Gasteiger partial charge in [-0.3, -0.25) is 0 Å². The molecular formula is C17H30BrNS. The Labute approximate surface area is 137 Å². The van der Waals surface area contributed by atoms with E-state index < -0.39 is 0 Å². The van der Waals surface area contributed by atoms with Crippen LogP contribution in [0.3, 0.4) is 0 Å². The number of hydrogen-bond acceptors (Lipinski definition) is 2. The lowest BCUT2D eigenvalue weighted by Crippen LogP contribution is -2.14. The molecule has 1 heterocycles. The lowest BCUT2D eigenvalue weighted by Gasteiger charge is -2.14. The average molecular weight is 360 g/mol. The second-order valence-electron chi connectivity index (χ2n) is 5.60. The Hall–Kier alpha value is 0.140. The molecule has 0 aromatic carbocycles. The van der Waals surface area contributed by atoms with Crippen LogP contribution in [0, 0.1) is 0 Å². The largest absolute Gasteiger partial charge is 0.312 e. The molecule has 116 valence electrons. The van der Waals surface area contributed by atoms with Crippen molar-refractivity contribution in [2.24, 2.45) is 0 Å². The standard InChI is InChI=1S/C17H30BrNS/c1-3-4-5-6-7-8-9-10-11-12-15(19-2)16-13-14-17(18)20-16/h13-15,19H,3-12H2,1-2H3. The van der Waals surface area contributed by atoms with Crippen LogP contribution in [0.1, 0.15) is 82.1 Å². The van der Waals surface area contributed by atoms with Crippen molar-refractivity contribution in [3.8, 4) is 0 Å². The van der Waals surface area contributed by atoms with Gasteiger partial charge in [-0.05, 0) is 41.5 Å². The zero-order valence-electron chi connectivity index (χ0n) is 13.1. The summed E-state index contributed by atoms with van der Waals surface area (Å²) in [7, 11) is 2.08. The summed E-state index contributed by atoms with van der Waals surface area (Å²) in [5.74, 6) is 0. The van der Waals surface area contributed by atoms with Crippen LogP contribution in [-0.2, 0) is 0 Å². The third kappa shape index (κ3) is 7.80. The molecular weight excluding hydrogens is 330 g/mol. The van der Waals surface area contributed by atoms with Crippen LogP contribution >= 0.6 is 27.3 Å². The van der Waals surface area contributed by atoms with E-state index >= 15 is 0 Å². The first-order valence-corrected chi connectivity index (χ1v) is 9.81. The van der Waals surface area contributed by atoms with E-state index in [1.807, 2.05) is 11.3 Å². The van der Waals surface area contributed by atoms with Crippen LogP contribution < -0.4 is 5.32 Å². The number of unbranched alkanes of at least 4 members (excludes halogenated alkanes) is 8. The Balaban J connectivity index is 2.02. The van der Waals surface area contributed by atoms with Gasteiger partial charge in [0.05, 0.1) is 3.79 Å². The summed E-state index contributed by atoms with van der Waals surface area (Å²) < 4.78 is 1.24. The quantitative estimate of drug-likeness (QED) is 0.409. The summed E-state index contributed by atoms with van der Waals surface area (Å²) in [5, 5.41) is 3.45. The van der Waals surface area contributed by atoms with Gasteiger partial charge in [-0.15, -0.1) is 11.3 Å². The van der Waals surface area contributed by atoms with Gasteiger partial charge in [-0.25, -0.2) is 0 Å². The van der Waals surface area contributed by atoms with Crippen LogP contribution in [0.5, 0.6) is 0 Å². The topological polar surface area (TPSA) is 12.0 Å². The van der Waals surface area contributed by atoms with Crippen molar-refractivity contribution in [1.29, 1.82) is 0 Å². The van der Waals surface area contributed by atoms with Crippen LogP contribution in [0.4, 0.5) is 0 Å². The zero-order chi connectivity index (χ0) is 14.6. The zero-order valence-corrected chi connectivity index (χ0v) is 15.5. The van der Waals surface area contributed by atoms with Crippen LogP contribution in [0.25, 0.3) is 0 Å². The van der Waals surface area contributed by atoms with Crippen molar-refractivity contribution in [2.45, 2.75) is 77.2 Å². The molecule has 0 aliphatic heterocycles. The second-order valence-corrected chi connectivity index (χ2v) is 8.09. The Morgan fingerprint density at radius 3 is 2.10 bits per heavy atom. The molecule has 0 saturated carbocycles. The van der Waals surface area contributed by atoms with Gasteiger partial charge >= 0.3 is 0 Å². The maximum Gasteiger partial charge on any atom is 0.0701 e. The van der Waals surface area contributed by atoms with Gasteiger partial charge in [0, 0.05) is 10.9 Å². The predicted molar refractivity (Wildman–Crippen MR) is 95.7 cm³/mol. The van der Waals surface area contributed by atoms with Crippen LogP contribution in [0.15, 0.2) is 15.9 Å². The molecule has 0 fully saturated rings. The van der Waals surface area contributed by atoms with E-state index in [2.05, 4.69) is 47.4 Å². The molecule has 1 atom stereocenters. The molecule has 1 aromatic heterocycles. The first-order chi connectivity index (χ1) is 9.77. The van der Waals surface area contributed by atoms with E-state index in [4.69, 9.17) is 0 Å². The summed E-state index contributed by atoms with van der Waals surface area (Å²) in [6, 6.07) is 4.93. The molecule has 0 aliphatic rings. The van der Waals surface area contributed by atoms with Gasteiger partial charge in [0.15, 0.2) is 0 Å². The fourth-order valence-electron chi connectivity index (χ4n) is 2.60. The van der Waals surface area contributed by atoms with Gasteiger partial charge in [0.1, 0.15) is 0 Å². The van der Waals surface area contributed by atoms with E-state index in [0.717, 1.165) is 0 Å². The Morgan fingerprint density at radius 2 is 1.60 bits per heavy atom. The summed E-state index contributed by atoms with van der Waals surface area (Å²) in [6.07, 6.45) is 13.9. The molecule has 1 rings (SSSR count). The molecule has 0 bridgehead atoms.